The lowest BCUT2D eigenvalue weighted by atomic mass is 9.96. The molecule has 3 rings (SSSR count). The van der Waals surface area contributed by atoms with Gasteiger partial charge in [-0.2, -0.15) is 0 Å². The van der Waals surface area contributed by atoms with Crippen LogP contribution in [0.4, 0.5) is 5.69 Å². The number of hydrogen-bond donors (Lipinski definition) is 2. The van der Waals surface area contributed by atoms with Crippen LogP contribution >= 0.6 is 12.4 Å². The molecule has 2 aliphatic rings. The molecule has 1 fully saturated rings. The number of amides is 1. The molecule has 146 valence electrons. The Morgan fingerprint density at radius 2 is 2.15 bits per heavy atom. The van der Waals surface area contributed by atoms with Gasteiger partial charge in [0.2, 0.25) is 10.0 Å². The average Bonchev–Trinajstić information content (AvgIpc) is 2.60. The Kier molecular flexibility index (Phi) is 7.32. The van der Waals surface area contributed by atoms with Crippen LogP contribution in [0.3, 0.4) is 0 Å². The zero-order valence-electron chi connectivity index (χ0n) is 15.2. The number of sulfonamides is 1. The van der Waals surface area contributed by atoms with Crippen molar-refractivity contribution >= 4 is 34.0 Å². The molecule has 1 saturated heterocycles. The summed E-state index contributed by atoms with van der Waals surface area (Å²) in [5, 5.41) is 6.38. The summed E-state index contributed by atoms with van der Waals surface area (Å²) in [4.78, 5) is 12.4. The van der Waals surface area contributed by atoms with Crippen molar-refractivity contribution in [3.05, 3.63) is 29.3 Å². The first kappa shape index (κ1) is 21.0. The number of rotatable bonds is 5. The third-order valence-electron chi connectivity index (χ3n) is 5.06. The van der Waals surface area contributed by atoms with Crippen LogP contribution in [-0.2, 0) is 16.4 Å². The standard InChI is InChI=1S/C18H27N3O3S.ClH/c1-25(23,24)21-11-3-5-15-12-16(6-7-17(15)21)18(22)20-10-8-14-4-2-9-19-13-14;/h6-7,12,14,19H,2-5,8-11,13H2,1H3,(H,20,22);1H. The van der Waals surface area contributed by atoms with Crippen molar-refractivity contribution in [1.82, 2.24) is 10.6 Å². The Bertz CT molecular complexity index is 733. The molecule has 1 amide bonds. The Balaban J connectivity index is 0.00000243. The zero-order chi connectivity index (χ0) is 17.9. The molecule has 2 N–H and O–H groups in total. The summed E-state index contributed by atoms with van der Waals surface area (Å²) in [6.45, 7) is 3.32. The Morgan fingerprint density at radius 3 is 2.85 bits per heavy atom. The van der Waals surface area contributed by atoms with E-state index in [2.05, 4.69) is 10.6 Å². The topological polar surface area (TPSA) is 78.5 Å². The van der Waals surface area contributed by atoms with Crippen LogP contribution in [0.2, 0.25) is 0 Å². The highest BCUT2D eigenvalue weighted by Gasteiger charge is 2.24. The second-order valence-electron chi connectivity index (χ2n) is 7.04. The number of benzene rings is 1. The second-order valence-corrected chi connectivity index (χ2v) is 8.95. The predicted molar refractivity (Wildman–Crippen MR) is 107 cm³/mol. The summed E-state index contributed by atoms with van der Waals surface area (Å²) in [5.74, 6) is 0.559. The predicted octanol–water partition coefficient (Wildman–Crippen LogP) is 1.94. The molecule has 0 aliphatic carbocycles. The summed E-state index contributed by atoms with van der Waals surface area (Å²) < 4.78 is 25.2. The molecule has 2 heterocycles. The first-order chi connectivity index (χ1) is 11.9. The fraction of sp³-hybridized carbons (Fsp3) is 0.611. The summed E-state index contributed by atoms with van der Waals surface area (Å²) >= 11 is 0. The van der Waals surface area contributed by atoms with Crippen molar-refractivity contribution < 1.29 is 13.2 Å². The number of aryl methyl sites for hydroxylation is 1. The number of halogens is 1. The van der Waals surface area contributed by atoms with Gasteiger partial charge in [0, 0.05) is 18.7 Å². The summed E-state index contributed by atoms with van der Waals surface area (Å²) in [7, 11) is -3.27. The van der Waals surface area contributed by atoms with Crippen molar-refractivity contribution in [3.8, 4) is 0 Å². The van der Waals surface area contributed by atoms with Gasteiger partial charge in [0.05, 0.1) is 11.9 Å². The Labute approximate surface area is 162 Å². The first-order valence-electron chi connectivity index (χ1n) is 9.05. The van der Waals surface area contributed by atoms with Gasteiger partial charge < -0.3 is 10.6 Å². The lowest BCUT2D eigenvalue weighted by molar-refractivity contribution is 0.0950. The summed E-state index contributed by atoms with van der Waals surface area (Å²) in [6, 6.07) is 5.32. The first-order valence-corrected chi connectivity index (χ1v) is 10.9. The number of anilines is 1. The molecule has 1 unspecified atom stereocenters. The van der Waals surface area contributed by atoms with Crippen molar-refractivity contribution in [2.75, 3.05) is 36.7 Å². The molecule has 2 aliphatic heterocycles. The fourth-order valence-corrected chi connectivity index (χ4v) is 4.71. The van der Waals surface area contributed by atoms with Crippen molar-refractivity contribution in [1.29, 1.82) is 0 Å². The minimum absolute atomic E-state index is 0. The number of nitrogens with one attached hydrogen (secondary N) is 2. The van der Waals surface area contributed by atoms with Gasteiger partial charge >= 0.3 is 0 Å². The van der Waals surface area contributed by atoms with E-state index in [1.165, 1.54) is 23.4 Å². The Morgan fingerprint density at radius 1 is 1.35 bits per heavy atom. The van der Waals surface area contributed by atoms with Crippen LogP contribution in [-0.4, -0.2) is 46.8 Å². The Hall–Kier alpha value is -1.31. The van der Waals surface area contributed by atoms with E-state index >= 15 is 0 Å². The lowest BCUT2D eigenvalue weighted by Gasteiger charge is -2.29. The van der Waals surface area contributed by atoms with Crippen molar-refractivity contribution in [2.24, 2.45) is 5.92 Å². The van der Waals surface area contributed by atoms with E-state index in [-0.39, 0.29) is 18.3 Å². The maximum absolute atomic E-state index is 12.4. The van der Waals surface area contributed by atoms with Crippen LogP contribution in [0.1, 0.15) is 41.6 Å². The van der Waals surface area contributed by atoms with Gasteiger partial charge in [0.15, 0.2) is 0 Å². The minimum Gasteiger partial charge on any atom is -0.352 e. The van der Waals surface area contributed by atoms with Crippen molar-refractivity contribution in [2.45, 2.75) is 32.1 Å². The van der Waals surface area contributed by atoms with Gasteiger partial charge in [-0.3, -0.25) is 9.10 Å². The zero-order valence-corrected chi connectivity index (χ0v) is 16.8. The lowest BCUT2D eigenvalue weighted by Crippen LogP contribution is -2.35. The molecule has 1 aromatic carbocycles. The van der Waals surface area contributed by atoms with E-state index < -0.39 is 10.0 Å². The number of nitrogens with zero attached hydrogens (tertiary/aromatic N) is 1. The number of carbonyl (C=O) groups is 1. The summed E-state index contributed by atoms with van der Waals surface area (Å²) in [5.41, 5.74) is 2.25. The largest absolute Gasteiger partial charge is 0.352 e. The monoisotopic (exact) mass is 401 g/mol. The van der Waals surface area contributed by atoms with Gasteiger partial charge in [-0.25, -0.2) is 8.42 Å². The molecule has 6 nitrogen and oxygen atoms in total. The average molecular weight is 402 g/mol. The SMILES string of the molecule is CS(=O)(=O)N1CCCc2cc(C(=O)NCCC3CCCNC3)ccc21.Cl. The fourth-order valence-electron chi connectivity index (χ4n) is 3.71. The number of carbonyl (C=O) groups excluding carboxylic acids is 1. The van der Waals surface area contributed by atoms with Gasteiger partial charge in [0.1, 0.15) is 0 Å². The van der Waals surface area contributed by atoms with E-state index in [1.54, 1.807) is 12.1 Å². The van der Waals surface area contributed by atoms with Crippen LogP contribution in [0.25, 0.3) is 0 Å². The number of piperidine rings is 1. The minimum atomic E-state index is -3.27. The van der Waals surface area contributed by atoms with Crippen molar-refractivity contribution in [3.63, 3.8) is 0 Å². The van der Waals surface area contributed by atoms with Gasteiger partial charge in [-0.05, 0) is 74.9 Å². The van der Waals surface area contributed by atoms with E-state index in [0.717, 1.165) is 37.9 Å². The maximum atomic E-state index is 12.4. The third-order valence-corrected chi connectivity index (χ3v) is 6.24. The van der Waals surface area contributed by atoms with E-state index in [0.29, 0.717) is 30.3 Å². The molecule has 8 heteroatoms. The van der Waals surface area contributed by atoms with Gasteiger partial charge in [-0.1, -0.05) is 0 Å². The van der Waals surface area contributed by atoms with Gasteiger partial charge in [0.25, 0.3) is 5.91 Å². The molecule has 0 aromatic heterocycles. The summed E-state index contributed by atoms with van der Waals surface area (Å²) in [6.07, 6.45) is 6.23. The molecule has 0 bridgehead atoms. The van der Waals surface area contributed by atoms with Crippen LogP contribution in [0.5, 0.6) is 0 Å². The molecule has 26 heavy (non-hydrogen) atoms. The number of hydrogen-bond acceptors (Lipinski definition) is 4. The molecule has 1 aromatic rings. The molecular weight excluding hydrogens is 374 g/mol. The maximum Gasteiger partial charge on any atom is 0.251 e. The normalized spacial score (nSPS) is 20.0. The van der Waals surface area contributed by atoms with E-state index in [9.17, 15) is 13.2 Å². The van der Waals surface area contributed by atoms with Crippen LogP contribution in [0.15, 0.2) is 18.2 Å². The smallest absolute Gasteiger partial charge is 0.251 e. The molecule has 0 saturated carbocycles. The third kappa shape index (κ3) is 5.11. The molecule has 0 radical (unpaired) electrons. The molecule has 0 spiro atoms. The quantitative estimate of drug-likeness (QED) is 0.790. The van der Waals surface area contributed by atoms with Crippen LogP contribution < -0.4 is 14.9 Å². The highest BCUT2D eigenvalue weighted by Crippen LogP contribution is 2.29. The highest BCUT2D eigenvalue weighted by molar-refractivity contribution is 7.92. The molecular formula is C18H28ClN3O3S. The molecule has 1 atom stereocenters. The highest BCUT2D eigenvalue weighted by atomic mass is 35.5. The van der Waals surface area contributed by atoms with Gasteiger partial charge in [-0.15, -0.1) is 12.4 Å². The van der Waals surface area contributed by atoms with Crippen LogP contribution in [0, 0.1) is 5.92 Å². The van der Waals surface area contributed by atoms with E-state index in [1.807, 2.05) is 6.07 Å². The number of fused-ring (bicyclic) bond motifs is 1. The second kappa shape index (κ2) is 9.06. The van der Waals surface area contributed by atoms with E-state index in [4.69, 9.17) is 0 Å².